The van der Waals surface area contributed by atoms with Crippen LogP contribution in [0.25, 0.3) is 0 Å². The van der Waals surface area contributed by atoms with Gasteiger partial charge < -0.3 is 5.11 Å². The Balaban J connectivity index is 2.25. The van der Waals surface area contributed by atoms with Gasteiger partial charge in [-0.05, 0) is 58.0 Å². The summed E-state index contributed by atoms with van der Waals surface area (Å²) in [7, 11) is 0. The summed E-state index contributed by atoms with van der Waals surface area (Å²) in [5, 5.41) is 11.6. The first-order valence-electron chi connectivity index (χ1n) is 5.44. The molecule has 18 heavy (non-hydrogen) atoms. The minimum Gasteiger partial charge on any atom is -0.388 e. The summed E-state index contributed by atoms with van der Waals surface area (Å²) >= 11 is 14.2. The van der Waals surface area contributed by atoms with Crippen LogP contribution in [0.4, 0.5) is 0 Å². The molecule has 0 spiro atoms. The molecule has 0 aliphatic carbocycles. The third-order valence-electron chi connectivity index (χ3n) is 2.69. The predicted octanol–water partition coefficient (Wildman–Crippen LogP) is 4.87. The Morgan fingerprint density at radius 1 is 1.11 bits per heavy atom. The van der Waals surface area contributed by atoms with Crippen LogP contribution in [-0.2, 0) is 6.42 Å². The molecule has 0 fully saturated rings. The van der Waals surface area contributed by atoms with Crippen LogP contribution >= 0.6 is 45.8 Å². The fourth-order valence-corrected chi connectivity index (χ4v) is 2.84. The first-order chi connectivity index (χ1) is 8.58. The second-order valence-corrected chi connectivity index (χ2v) is 5.98. The molecular weight excluding hydrogens is 382 g/mol. The third kappa shape index (κ3) is 3.38. The van der Waals surface area contributed by atoms with Crippen molar-refractivity contribution in [2.45, 2.75) is 12.5 Å². The van der Waals surface area contributed by atoms with Gasteiger partial charge >= 0.3 is 0 Å². The van der Waals surface area contributed by atoms with Crippen LogP contribution in [0.3, 0.4) is 0 Å². The Hall–Kier alpha value is -0.290. The summed E-state index contributed by atoms with van der Waals surface area (Å²) in [6.45, 7) is 0. The van der Waals surface area contributed by atoms with E-state index in [0.717, 1.165) is 14.7 Å². The van der Waals surface area contributed by atoms with Gasteiger partial charge in [0, 0.05) is 20.0 Å². The number of aliphatic hydroxyl groups is 1. The Labute approximate surface area is 130 Å². The van der Waals surface area contributed by atoms with E-state index in [2.05, 4.69) is 22.6 Å². The van der Waals surface area contributed by atoms with Crippen molar-refractivity contribution in [3.63, 3.8) is 0 Å². The molecule has 0 saturated carbocycles. The zero-order valence-electron chi connectivity index (χ0n) is 9.41. The molecule has 2 aromatic rings. The van der Waals surface area contributed by atoms with E-state index in [1.807, 2.05) is 36.4 Å². The van der Waals surface area contributed by atoms with Crippen LogP contribution in [0.2, 0.25) is 10.0 Å². The van der Waals surface area contributed by atoms with Crippen LogP contribution in [0, 0.1) is 3.57 Å². The molecule has 1 atom stereocenters. The zero-order chi connectivity index (χ0) is 13.1. The highest BCUT2D eigenvalue weighted by atomic mass is 127. The van der Waals surface area contributed by atoms with Crippen molar-refractivity contribution in [3.05, 3.63) is 67.2 Å². The fraction of sp³-hybridized carbons (Fsp3) is 0.143. The summed E-state index contributed by atoms with van der Waals surface area (Å²) in [6.07, 6.45) is -0.119. The SMILES string of the molecule is OC(Cc1ccccc1Cl)c1cc(Cl)ccc1I. The summed E-state index contributed by atoms with van der Waals surface area (Å²) < 4.78 is 0.997. The Morgan fingerprint density at radius 2 is 1.83 bits per heavy atom. The monoisotopic (exact) mass is 392 g/mol. The van der Waals surface area contributed by atoms with E-state index < -0.39 is 6.10 Å². The van der Waals surface area contributed by atoms with Crippen LogP contribution in [0.15, 0.2) is 42.5 Å². The molecule has 0 radical (unpaired) electrons. The van der Waals surface area contributed by atoms with Gasteiger partial charge in [-0.15, -0.1) is 0 Å². The largest absolute Gasteiger partial charge is 0.388 e. The molecule has 1 nitrogen and oxygen atoms in total. The summed E-state index contributed by atoms with van der Waals surface area (Å²) in [5.41, 5.74) is 1.77. The molecule has 0 amide bonds. The van der Waals surface area contributed by atoms with Crippen molar-refractivity contribution in [1.29, 1.82) is 0 Å². The van der Waals surface area contributed by atoms with Crippen LogP contribution in [0.5, 0.6) is 0 Å². The Bertz CT molecular complexity index is 557. The molecule has 0 bridgehead atoms. The van der Waals surface area contributed by atoms with E-state index in [1.54, 1.807) is 6.07 Å². The second-order valence-electron chi connectivity index (χ2n) is 3.98. The normalized spacial score (nSPS) is 12.4. The lowest BCUT2D eigenvalue weighted by Crippen LogP contribution is -2.04. The summed E-state index contributed by atoms with van der Waals surface area (Å²) in [6, 6.07) is 13.0. The fourth-order valence-electron chi connectivity index (χ4n) is 1.75. The number of hydrogen-bond acceptors (Lipinski definition) is 1. The topological polar surface area (TPSA) is 20.2 Å². The lowest BCUT2D eigenvalue weighted by molar-refractivity contribution is 0.177. The highest BCUT2D eigenvalue weighted by molar-refractivity contribution is 14.1. The molecule has 2 aromatic carbocycles. The molecule has 0 heterocycles. The molecule has 0 aromatic heterocycles. The van der Waals surface area contributed by atoms with Gasteiger partial charge in [0.1, 0.15) is 0 Å². The molecule has 94 valence electrons. The Kier molecular flexibility index (Phi) is 4.90. The van der Waals surface area contributed by atoms with Gasteiger partial charge in [-0.1, -0.05) is 41.4 Å². The first-order valence-corrected chi connectivity index (χ1v) is 7.28. The third-order valence-corrected chi connectivity index (χ3v) is 4.27. The first kappa shape index (κ1) is 14.1. The van der Waals surface area contributed by atoms with Crippen molar-refractivity contribution in [2.75, 3.05) is 0 Å². The molecule has 2 rings (SSSR count). The van der Waals surface area contributed by atoms with Crippen LogP contribution in [0.1, 0.15) is 17.2 Å². The minimum absolute atomic E-state index is 0.482. The molecule has 0 aliphatic heterocycles. The molecule has 0 aliphatic rings. The van der Waals surface area contributed by atoms with Gasteiger partial charge in [0.05, 0.1) is 6.10 Å². The van der Waals surface area contributed by atoms with Crippen LogP contribution < -0.4 is 0 Å². The van der Waals surface area contributed by atoms with E-state index in [1.165, 1.54) is 0 Å². The van der Waals surface area contributed by atoms with E-state index >= 15 is 0 Å². The lowest BCUT2D eigenvalue weighted by Gasteiger charge is -2.14. The Morgan fingerprint density at radius 3 is 2.56 bits per heavy atom. The maximum atomic E-state index is 10.3. The van der Waals surface area contributed by atoms with Crippen molar-refractivity contribution in [2.24, 2.45) is 0 Å². The van der Waals surface area contributed by atoms with Crippen molar-refractivity contribution >= 4 is 45.8 Å². The standard InChI is InChI=1S/C14H11Cl2IO/c15-10-5-6-13(17)11(8-10)14(18)7-9-3-1-2-4-12(9)16/h1-6,8,14,18H,7H2. The van der Waals surface area contributed by atoms with Gasteiger partial charge in [0.25, 0.3) is 0 Å². The number of rotatable bonds is 3. The number of aliphatic hydroxyl groups excluding tert-OH is 1. The van der Waals surface area contributed by atoms with Crippen molar-refractivity contribution in [3.8, 4) is 0 Å². The average molecular weight is 393 g/mol. The second kappa shape index (κ2) is 6.24. The maximum Gasteiger partial charge on any atom is 0.0841 e. The molecule has 4 heteroatoms. The van der Waals surface area contributed by atoms with Gasteiger partial charge in [-0.2, -0.15) is 0 Å². The van der Waals surface area contributed by atoms with Gasteiger partial charge in [0.15, 0.2) is 0 Å². The van der Waals surface area contributed by atoms with Gasteiger partial charge in [-0.25, -0.2) is 0 Å². The predicted molar refractivity (Wildman–Crippen MR) is 84.3 cm³/mol. The molecular formula is C14H11Cl2IO. The smallest absolute Gasteiger partial charge is 0.0841 e. The summed E-state index contributed by atoms with van der Waals surface area (Å²) in [5.74, 6) is 0. The molecule has 0 saturated heterocycles. The number of hydrogen-bond donors (Lipinski definition) is 1. The van der Waals surface area contributed by atoms with Crippen LogP contribution in [-0.4, -0.2) is 5.11 Å². The average Bonchev–Trinajstić information content (AvgIpc) is 2.35. The number of benzene rings is 2. The zero-order valence-corrected chi connectivity index (χ0v) is 13.1. The molecule has 1 N–H and O–H groups in total. The minimum atomic E-state index is -0.601. The van der Waals surface area contributed by atoms with E-state index in [-0.39, 0.29) is 0 Å². The lowest BCUT2D eigenvalue weighted by atomic mass is 10.0. The molecule has 1 unspecified atom stereocenters. The van der Waals surface area contributed by atoms with E-state index in [4.69, 9.17) is 23.2 Å². The number of halogens is 3. The van der Waals surface area contributed by atoms with E-state index in [0.29, 0.717) is 16.5 Å². The highest BCUT2D eigenvalue weighted by Crippen LogP contribution is 2.28. The van der Waals surface area contributed by atoms with Crippen molar-refractivity contribution in [1.82, 2.24) is 0 Å². The summed E-state index contributed by atoms with van der Waals surface area (Å²) in [4.78, 5) is 0. The van der Waals surface area contributed by atoms with E-state index in [9.17, 15) is 5.11 Å². The maximum absolute atomic E-state index is 10.3. The quantitative estimate of drug-likeness (QED) is 0.738. The van der Waals surface area contributed by atoms with Gasteiger partial charge in [0.2, 0.25) is 0 Å². The van der Waals surface area contributed by atoms with Crippen molar-refractivity contribution < 1.29 is 5.11 Å². The van der Waals surface area contributed by atoms with Gasteiger partial charge in [-0.3, -0.25) is 0 Å². The highest BCUT2D eigenvalue weighted by Gasteiger charge is 2.14.